The Morgan fingerprint density at radius 2 is 2.21 bits per heavy atom. The summed E-state index contributed by atoms with van der Waals surface area (Å²) in [6, 6.07) is 7.09. The molecule has 1 fully saturated rings. The van der Waals surface area contributed by atoms with Gasteiger partial charge in [0, 0.05) is 32.5 Å². The maximum absolute atomic E-state index is 12.1. The van der Waals surface area contributed by atoms with Crippen LogP contribution >= 0.6 is 0 Å². The number of para-hydroxylation sites is 1. The summed E-state index contributed by atoms with van der Waals surface area (Å²) in [5, 5.41) is 2.86. The SMILES string of the molecule is COc1ccccc1C(=O)NCC1CC(=O)N(C)C1. The fraction of sp³-hybridized carbons (Fsp3) is 0.429. The number of nitrogens with zero attached hydrogens (tertiary/aromatic N) is 1. The van der Waals surface area contributed by atoms with Crippen LogP contribution in [-0.2, 0) is 4.79 Å². The minimum atomic E-state index is -0.167. The zero-order valence-electron chi connectivity index (χ0n) is 11.2. The van der Waals surface area contributed by atoms with Gasteiger partial charge in [0.05, 0.1) is 12.7 Å². The first-order chi connectivity index (χ1) is 9.11. The Morgan fingerprint density at radius 1 is 1.47 bits per heavy atom. The van der Waals surface area contributed by atoms with Crippen molar-refractivity contribution >= 4 is 11.8 Å². The lowest BCUT2D eigenvalue weighted by Gasteiger charge is -2.12. The van der Waals surface area contributed by atoms with Gasteiger partial charge in [-0.1, -0.05) is 12.1 Å². The minimum absolute atomic E-state index is 0.136. The van der Waals surface area contributed by atoms with E-state index in [0.29, 0.717) is 30.8 Å². The van der Waals surface area contributed by atoms with E-state index in [9.17, 15) is 9.59 Å². The van der Waals surface area contributed by atoms with E-state index in [0.717, 1.165) is 0 Å². The third kappa shape index (κ3) is 3.05. The van der Waals surface area contributed by atoms with Gasteiger partial charge in [-0.3, -0.25) is 9.59 Å². The Bertz CT molecular complexity index is 487. The van der Waals surface area contributed by atoms with Crippen LogP contribution in [0, 0.1) is 5.92 Å². The van der Waals surface area contributed by atoms with Crippen molar-refractivity contribution in [3.63, 3.8) is 0 Å². The van der Waals surface area contributed by atoms with Crippen LogP contribution in [0.15, 0.2) is 24.3 Å². The van der Waals surface area contributed by atoms with E-state index in [1.807, 2.05) is 6.07 Å². The molecular formula is C14H18N2O3. The molecular weight excluding hydrogens is 244 g/mol. The van der Waals surface area contributed by atoms with Crippen LogP contribution in [0.2, 0.25) is 0 Å². The third-order valence-electron chi connectivity index (χ3n) is 3.32. The lowest BCUT2D eigenvalue weighted by atomic mass is 10.1. The molecule has 2 amide bonds. The van der Waals surface area contributed by atoms with Gasteiger partial charge in [0.25, 0.3) is 5.91 Å². The molecule has 1 aliphatic rings. The summed E-state index contributed by atoms with van der Waals surface area (Å²) >= 11 is 0. The zero-order valence-corrected chi connectivity index (χ0v) is 11.2. The Hall–Kier alpha value is -2.04. The number of benzene rings is 1. The standard InChI is InChI=1S/C14H18N2O3/c1-16-9-10(7-13(16)17)8-15-14(18)11-5-3-4-6-12(11)19-2/h3-6,10H,7-9H2,1-2H3,(H,15,18). The van der Waals surface area contributed by atoms with Gasteiger partial charge in [-0.05, 0) is 12.1 Å². The zero-order chi connectivity index (χ0) is 13.8. The van der Waals surface area contributed by atoms with Crippen LogP contribution in [0.25, 0.3) is 0 Å². The van der Waals surface area contributed by atoms with Crippen molar-refractivity contribution in [1.29, 1.82) is 0 Å². The number of carbonyl (C=O) groups is 2. The predicted octanol–water partition coefficient (Wildman–Crippen LogP) is 0.903. The Morgan fingerprint density at radius 3 is 2.84 bits per heavy atom. The van der Waals surface area contributed by atoms with Crippen LogP contribution < -0.4 is 10.1 Å². The van der Waals surface area contributed by atoms with Gasteiger partial charge in [0.2, 0.25) is 5.91 Å². The van der Waals surface area contributed by atoms with E-state index in [1.54, 1.807) is 30.1 Å². The first-order valence-electron chi connectivity index (χ1n) is 6.27. The molecule has 5 heteroatoms. The monoisotopic (exact) mass is 262 g/mol. The lowest BCUT2D eigenvalue weighted by Crippen LogP contribution is -2.30. The van der Waals surface area contributed by atoms with E-state index >= 15 is 0 Å². The number of likely N-dealkylation sites (tertiary alicyclic amines) is 1. The van der Waals surface area contributed by atoms with Crippen molar-refractivity contribution in [3.05, 3.63) is 29.8 Å². The van der Waals surface area contributed by atoms with Crippen LogP contribution in [0.4, 0.5) is 0 Å². The second-order valence-electron chi connectivity index (χ2n) is 4.75. The van der Waals surface area contributed by atoms with Gasteiger partial charge >= 0.3 is 0 Å². The van der Waals surface area contributed by atoms with Gasteiger partial charge < -0.3 is 15.0 Å². The molecule has 0 aromatic heterocycles. The van der Waals surface area contributed by atoms with Crippen LogP contribution in [-0.4, -0.2) is 44.0 Å². The topological polar surface area (TPSA) is 58.6 Å². The first-order valence-corrected chi connectivity index (χ1v) is 6.27. The fourth-order valence-electron chi connectivity index (χ4n) is 2.26. The van der Waals surface area contributed by atoms with E-state index in [4.69, 9.17) is 4.74 Å². The molecule has 5 nitrogen and oxygen atoms in total. The Balaban J connectivity index is 1.93. The average Bonchev–Trinajstić information content (AvgIpc) is 2.75. The highest BCUT2D eigenvalue weighted by atomic mass is 16.5. The molecule has 1 aromatic carbocycles. The third-order valence-corrected chi connectivity index (χ3v) is 3.32. The molecule has 0 aliphatic carbocycles. The van der Waals surface area contributed by atoms with Crippen molar-refractivity contribution in [2.45, 2.75) is 6.42 Å². The molecule has 0 saturated carbocycles. The van der Waals surface area contributed by atoms with Gasteiger partial charge in [-0.15, -0.1) is 0 Å². The maximum Gasteiger partial charge on any atom is 0.255 e. The summed E-state index contributed by atoms with van der Waals surface area (Å²) in [5.74, 6) is 0.715. The summed E-state index contributed by atoms with van der Waals surface area (Å²) in [6.45, 7) is 1.21. The molecule has 0 radical (unpaired) electrons. The highest BCUT2D eigenvalue weighted by Crippen LogP contribution is 2.18. The highest BCUT2D eigenvalue weighted by molar-refractivity contribution is 5.96. The molecule has 2 rings (SSSR count). The number of rotatable bonds is 4. The number of methoxy groups -OCH3 is 1. The van der Waals surface area contributed by atoms with Crippen LogP contribution in [0.1, 0.15) is 16.8 Å². The highest BCUT2D eigenvalue weighted by Gasteiger charge is 2.27. The average molecular weight is 262 g/mol. The Kier molecular flexibility index (Phi) is 4.04. The first kappa shape index (κ1) is 13.4. The number of ether oxygens (including phenoxy) is 1. The quantitative estimate of drug-likeness (QED) is 0.877. The molecule has 1 unspecified atom stereocenters. The minimum Gasteiger partial charge on any atom is -0.496 e. The molecule has 1 aromatic rings. The Labute approximate surface area is 112 Å². The maximum atomic E-state index is 12.1. The largest absolute Gasteiger partial charge is 0.496 e. The molecule has 1 atom stereocenters. The predicted molar refractivity (Wildman–Crippen MR) is 71.1 cm³/mol. The normalized spacial score (nSPS) is 18.5. The van der Waals surface area contributed by atoms with E-state index < -0.39 is 0 Å². The number of hydrogen-bond donors (Lipinski definition) is 1. The van der Waals surface area contributed by atoms with Crippen molar-refractivity contribution in [2.24, 2.45) is 5.92 Å². The summed E-state index contributed by atoms with van der Waals surface area (Å²) in [7, 11) is 3.32. The molecule has 1 N–H and O–H groups in total. The van der Waals surface area contributed by atoms with E-state index in [2.05, 4.69) is 5.32 Å². The number of carbonyl (C=O) groups excluding carboxylic acids is 2. The molecule has 1 heterocycles. The summed E-state index contributed by atoms with van der Waals surface area (Å²) in [6.07, 6.45) is 0.503. The second kappa shape index (κ2) is 5.73. The molecule has 102 valence electrons. The summed E-state index contributed by atoms with van der Waals surface area (Å²) in [4.78, 5) is 25.1. The van der Waals surface area contributed by atoms with Crippen molar-refractivity contribution in [2.75, 3.05) is 27.2 Å². The molecule has 0 bridgehead atoms. The lowest BCUT2D eigenvalue weighted by molar-refractivity contribution is -0.126. The second-order valence-corrected chi connectivity index (χ2v) is 4.75. The van der Waals surface area contributed by atoms with E-state index in [-0.39, 0.29) is 17.7 Å². The van der Waals surface area contributed by atoms with Gasteiger partial charge in [0.1, 0.15) is 5.75 Å². The number of amides is 2. The van der Waals surface area contributed by atoms with E-state index in [1.165, 1.54) is 7.11 Å². The number of hydrogen-bond acceptors (Lipinski definition) is 3. The van der Waals surface area contributed by atoms with Crippen molar-refractivity contribution < 1.29 is 14.3 Å². The summed E-state index contributed by atoms with van der Waals surface area (Å²) in [5.41, 5.74) is 0.516. The van der Waals surface area contributed by atoms with Crippen molar-refractivity contribution in [3.8, 4) is 5.75 Å². The van der Waals surface area contributed by atoms with Gasteiger partial charge in [0.15, 0.2) is 0 Å². The van der Waals surface area contributed by atoms with Crippen molar-refractivity contribution in [1.82, 2.24) is 10.2 Å². The van der Waals surface area contributed by atoms with Crippen LogP contribution in [0.5, 0.6) is 5.75 Å². The smallest absolute Gasteiger partial charge is 0.255 e. The molecule has 0 spiro atoms. The van der Waals surface area contributed by atoms with Crippen LogP contribution in [0.3, 0.4) is 0 Å². The molecule has 1 aliphatic heterocycles. The molecule has 1 saturated heterocycles. The molecule has 19 heavy (non-hydrogen) atoms. The van der Waals surface area contributed by atoms with Gasteiger partial charge in [-0.25, -0.2) is 0 Å². The fourth-order valence-corrected chi connectivity index (χ4v) is 2.26. The van der Waals surface area contributed by atoms with Gasteiger partial charge in [-0.2, -0.15) is 0 Å². The summed E-state index contributed by atoms with van der Waals surface area (Å²) < 4.78 is 5.15. The number of nitrogens with one attached hydrogen (secondary N) is 1.